The van der Waals surface area contributed by atoms with Crippen LogP contribution in [0.3, 0.4) is 0 Å². The number of nitrogens with one attached hydrogen (secondary N) is 2. The molecule has 0 bridgehead atoms. The summed E-state index contributed by atoms with van der Waals surface area (Å²) in [5, 5.41) is 6.04. The molecule has 1 unspecified atom stereocenters. The third-order valence-electron chi connectivity index (χ3n) is 4.49. The molecule has 3 saturated heterocycles. The van der Waals surface area contributed by atoms with Gasteiger partial charge in [-0.15, -0.1) is 0 Å². The van der Waals surface area contributed by atoms with Gasteiger partial charge in [-0.2, -0.15) is 0 Å². The molecule has 3 heterocycles. The van der Waals surface area contributed by atoms with Crippen LogP contribution in [0.1, 0.15) is 26.7 Å². The Morgan fingerprint density at radius 2 is 2.00 bits per heavy atom. The predicted octanol–water partition coefficient (Wildman–Crippen LogP) is -0.525. The SMILES string of the molecule is CC(C)C(=O)N1C2(CCC13CNC3=O)CNC2. The van der Waals surface area contributed by atoms with Crippen molar-refractivity contribution in [2.24, 2.45) is 5.92 Å². The monoisotopic (exact) mass is 237 g/mol. The lowest BCUT2D eigenvalue weighted by Crippen LogP contribution is -2.79. The van der Waals surface area contributed by atoms with E-state index in [1.807, 2.05) is 18.7 Å². The van der Waals surface area contributed by atoms with Gasteiger partial charge < -0.3 is 15.5 Å². The van der Waals surface area contributed by atoms with E-state index in [2.05, 4.69) is 10.6 Å². The first-order valence-corrected chi connectivity index (χ1v) is 6.35. The fourth-order valence-electron chi connectivity index (χ4n) is 3.32. The number of likely N-dealkylation sites (tertiary alicyclic amines) is 1. The molecule has 0 radical (unpaired) electrons. The standard InChI is InChI=1S/C12H19N3O2/c1-8(2)9(16)15-11(5-13-6-11)3-4-12(15)7-14-10(12)17/h8,13H,3-7H2,1-2H3,(H,14,17). The Morgan fingerprint density at radius 1 is 1.29 bits per heavy atom. The van der Waals surface area contributed by atoms with Crippen molar-refractivity contribution < 1.29 is 9.59 Å². The fraction of sp³-hybridized carbons (Fsp3) is 0.833. The molecule has 94 valence electrons. The first-order valence-electron chi connectivity index (χ1n) is 6.35. The maximum Gasteiger partial charge on any atom is 0.247 e. The number of rotatable bonds is 1. The minimum Gasteiger partial charge on any atom is -0.351 e. The van der Waals surface area contributed by atoms with Crippen molar-refractivity contribution in [1.29, 1.82) is 0 Å². The summed E-state index contributed by atoms with van der Waals surface area (Å²) in [6.07, 6.45) is 1.77. The average molecular weight is 237 g/mol. The molecule has 3 aliphatic rings. The molecule has 0 aliphatic carbocycles. The van der Waals surface area contributed by atoms with Gasteiger partial charge in [-0.05, 0) is 12.8 Å². The van der Waals surface area contributed by atoms with E-state index < -0.39 is 5.54 Å². The fourth-order valence-corrected chi connectivity index (χ4v) is 3.32. The molecule has 0 aromatic rings. The second-order valence-corrected chi connectivity index (χ2v) is 5.87. The van der Waals surface area contributed by atoms with E-state index in [-0.39, 0.29) is 23.3 Å². The number of carbonyl (C=O) groups is 2. The van der Waals surface area contributed by atoms with E-state index in [1.54, 1.807) is 0 Å². The Kier molecular flexibility index (Phi) is 2.09. The smallest absolute Gasteiger partial charge is 0.247 e. The second-order valence-electron chi connectivity index (χ2n) is 5.87. The van der Waals surface area contributed by atoms with Gasteiger partial charge in [0.1, 0.15) is 5.54 Å². The summed E-state index contributed by atoms with van der Waals surface area (Å²) < 4.78 is 0. The highest BCUT2D eigenvalue weighted by Gasteiger charge is 2.65. The second kappa shape index (κ2) is 3.22. The van der Waals surface area contributed by atoms with E-state index in [1.165, 1.54) is 0 Å². The molecule has 2 spiro atoms. The molecule has 3 fully saturated rings. The van der Waals surface area contributed by atoms with Crippen LogP contribution in [0, 0.1) is 5.92 Å². The number of nitrogens with zero attached hydrogens (tertiary/aromatic N) is 1. The molecule has 2 amide bonds. The third kappa shape index (κ3) is 1.18. The summed E-state index contributed by atoms with van der Waals surface area (Å²) in [7, 11) is 0. The minimum atomic E-state index is -0.524. The lowest BCUT2D eigenvalue weighted by Gasteiger charge is -2.54. The van der Waals surface area contributed by atoms with Gasteiger partial charge in [-0.3, -0.25) is 9.59 Å². The molecule has 1 atom stereocenters. The van der Waals surface area contributed by atoms with Crippen molar-refractivity contribution in [2.45, 2.75) is 37.8 Å². The summed E-state index contributed by atoms with van der Waals surface area (Å²) in [5.41, 5.74) is -0.609. The van der Waals surface area contributed by atoms with Crippen molar-refractivity contribution >= 4 is 11.8 Å². The highest BCUT2D eigenvalue weighted by atomic mass is 16.2. The van der Waals surface area contributed by atoms with Gasteiger partial charge in [0.15, 0.2) is 0 Å². The van der Waals surface area contributed by atoms with Crippen molar-refractivity contribution in [3.8, 4) is 0 Å². The van der Waals surface area contributed by atoms with Crippen molar-refractivity contribution in [1.82, 2.24) is 15.5 Å². The summed E-state index contributed by atoms with van der Waals surface area (Å²) in [6, 6.07) is 0. The lowest BCUT2D eigenvalue weighted by atomic mass is 9.87. The van der Waals surface area contributed by atoms with E-state index >= 15 is 0 Å². The number of amides is 2. The topological polar surface area (TPSA) is 61.4 Å². The highest BCUT2D eigenvalue weighted by molar-refractivity contribution is 5.98. The molecule has 17 heavy (non-hydrogen) atoms. The molecule has 0 aromatic carbocycles. The van der Waals surface area contributed by atoms with E-state index in [9.17, 15) is 9.59 Å². The van der Waals surface area contributed by atoms with Gasteiger partial charge in [0.2, 0.25) is 11.8 Å². The molecule has 5 heteroatoms. The molecule has 5 nitrogen and oxygen atoms in total. The van der Waals surface area contributed by atoms with E-state index in [0.717, 1.165) is 25.9 Å². The summed E-state index contributed by atoms with van der Waals surface area (Å²) in [5.74, 6) is 0.116. The molecule has 0 aromatic heterocycles. The Labute approximate surface area is 101 Å². The zero-order chi connectivity index (χ0) is 12.3. The van der Waals surface area contributed by atoms with Crippen LogP contribution in [0.2, 0.25) is 0 Å². The normalized spacial score (nSPS) is 33.8. The maximum atomic E-state index is 12.4. The van der Waals surface area contributed by atoms with Gasteiger partial charge in [-0.25, -0.2) is 0 Å². The average Bonchev–Trinajstić information content (AvgIpc) is 2.63. The number of carbonyl (C=O) groups excluding carboxylic acids is 2. The van der Waals surface area contributed by atoms with Gasteiger partial charge in [0.05, 0.1) is 12.1 Å². The number of β-lactam (4-membered cyclic amide) rings is 1. The van der Waals surface area contributed by atoms with Crippen LogP contribution in [0.15, 0.2) is 0 Å². The predicted molar refractivity (Wildman–Crippen MR) is 62.3 cm³/mol. The van der Waals surface area contributed by atoms with Gasteiger partial charge in [-0.1, -0.05) is 13.8 Å². The Morgan fingerprint density at radius 3 is 2.35 bits per heavy atom. The molecule has 2 N–H and O–H groups in total. The van der Waals surface area contributed by atoms with Crippen LogP contribution < -0.4 is 10.6 Å². The zero-order valence-electron chi connectivity index (χ0n) is 10.4. The van der Waals surface area contributed by atoms with Crippen LogP contribution in [0.5, 0.6) is 0 Å². The quantitative estimate of drug-likeness (QED) is 0.603. The van der Waals surface area contributed by atoms with Crippen LogP contribution >= 0.6 is 0 Å². The van der Waals surface area contributed by atoms with E-state index in [4.69, 9.17) is 0 Å². The molecular formula is C12H19N3O2. The largest absolute Gasteiger partial charge is 0.351 e. The first kappa shape index (κ1) is 11.0. The Hall–Kier alpha value is -1.10. The van der Waals surface area contributed by atoms with Crippen LogP contribution in [-0.4, -0.2) is 47.4 Å². The molecule has 3 rings (SSSR count). The number of hydrogen-bond acceptors (Lipinski definition) is 3. The van der Waals surface area contributed by atoms with Crippen LogP contribution in [-0.2, 0) is 9.59 Å². The molecule has 3 aliphatic heterocycles. The van der Waals surface area contributed by atoms with Crippen molar-refractivity contribution in [3.05, 3.63) is 0 Å². The van der Waals surface area contributed by atoms with Crippen molar-refractivity contribution in [2.75, 3.05) is 19.6 Å². The molecular weight excluding hydrogens is 218 g/mol. The van der Waals surface area contributed by atoms with Gasteiger partial charge in [0.25, 0.3) is 0 Å². The Bertz CT molecular complexity index is 389. The summed E-state index contributed by atoms with van der Waals surface area (Å²) in [6.45, 7) is 6.11. The van der Waals surface area contributed by atoms with Gasteiger partial charge in [0, 0.05) is 19.0 Å². The number of hydrogen-bond donors (Lipinski definition) is 2. The maximum absolute atomic E-state index is 12.4. The van der Waals surface area contributed by atoms with E-state index in [0.29, 0.717) is 6.54 Å². The lowest BCUT2D eigenvalue weighted by molar-refractivity contribution is -0.162. The van der Waals surface area contributed by atoms with Crippen LogP contribution in [0.25, 0.3) is 0 Å². The summed E-state index contributed by atoms with van der Waals surface area (Å²) >= 11 is 0. The minimum absolute atomic E-state index is 0.0373. The first-order chi connectivity index (χ1) is 8.02. The van der Waals surface area contributed by atoms with Crippen molar-refractivity contribution in [3.63, 3.8) is 0 Å². The molecule has 0 saturated carbocycles. The van der Waals surface area contributed by atoms with Crippen LogP contribution in [0.4, 0.5) is 0 Å². The summed E-state index contributed by atoms with van der Waals surface area (Å²) in [4.78, 5) is 26.2. The third-order valence-corrected chi connectivity index (χ3v) is 4.49. The zero-order valence-corrected chi connectivity index (χ0v) is 10.4. The van der Waals surface area contributed by atoms with Gasteiger partial charge >= 0.3 is 0 Å². The Balaban J connectivity index is 1.97. The highest BCUT2D eigenvalue weighted by Crippen LogP contribution is 2.46.